The molecule has 2 rings (SSSR count). The lowest BCUT2D eigenvalue weighted by molar-refractivity contribution is -0.0865. The summed E-state index contributed by atoms with van der Waals surface area (Å²) in [6.45, 7) is 1.12. The van der Waals surface area contributed by atoms with Crippen molar-refractivity contribution in [1.29, 1.82) is 0 Å². The highest BCUT2D eigenvalue weighted by molar-refractivity contribution is 9.09. The molecule has 1 saturated carbocycles. The van der Waals surface area contributed by atoms with E-state index in [2.05, 4.69) is 15.9 Å². The summed E-state index contributed by atoms with van der Waals surface area (Å²) in [6, 6.07) is 5.36. The molecule has 0 bridgehead atoms. The van der Waals surface area contributed by atoms with E-state index in [9.17, 15) is 0 Å². The number of hydrogen-bond acceptors (Lipinski definition) is 3. The average molecular weight is 370 g/mol. The van der Waals surface area contributed by atoms with Gasteiger partial charge in [0.15, 0.2) is 0 Å². The minimum Gasteiger partial charge on any atom is -0.486 e. The fourth-order valence-corrected chi connectivity index (χ4v) is 3.06. The third kappa shape index (κ3) is 3.76. The number of methoxy groups -OCH3 is 1. The molecule has 1 fully saturated rings. The molecule has 1 aromatic carbocycles. The van der Waals surface area contributed by atoms with Crippen molar-refractivity contribution in [2.24, 2.45) is 0 Å². The van der Waals surface area contributed by atoms with Crippen LogP contribution in [0.15, 0.2) is 18.2 Å². The molecule has 1 aliphatic carbocycles. The molecule has 1 aromatic rings. The Morgan fingerprint density at radius 3 is 2.79 bits per heavy atom. The summed E-state index contributed by atoms with van der Waals surface area (Å²) in [6.07, 6.45) is 0.864. The first-order valence-electron chi connectivity index (χ1n) is 5.98. The molecule has 0 N–H and O–H groups in total. The summed E-state index contributed by atoms with van der Waals surface area (Å²) in [5.41, 5.74) is 0. The first kappa shape index (κ1) is 15.4. The Balaban J connectivity index is 1.93. The van der Waals surface area contributed by atoms with Crippen LogP contribution in [0.25, 0.3) is 0 Å². The second-order valence-corrected chi connectivity index (χ2v) is 6.25. The SMILES string of the molecule is COCCOC1C(Br)CC1Oc1cccc(Cl)c1Cl. The monoisotopic (exact) mass is 368 g/mol. The van der Waals surface area contributed by atoms with Crippen LogP contribution in [0, 0.1) is 0 Å². The van der Waals surface area contributed by atoms with Crippen molar-refractivity contribution in [3.63, 3.8) is 0 Å². The summed E-state index contributed by atoms with van der Waals surface area (Å²) in [5.74, 6) is 0.596. The van der Waals surface area contributed by atoms with Gasteiger partial charge in [-0.3, -0.25) is 0 Å². The Bertz CT molecular complexity index is 430. The van der Waals surface area contributed by atoms with Crippen molar-refractivity contribution in [3.05, 3.63) is 28.2 Å². The van der Waals surface area contributed by atoms with E-state index >= 15 is 0 Å². The van der Waals surface area contributed by atoms with Crippen LogP contribution < -0.4 is 4.74 Å². The van der Waals surface area contributed by atoms with E-state index in [0.29, 0.717) is 33.8 Å². The van der Waals surface area contributed by atoms with Crippen molar-refractivity contribution in [3.8, 4) is 5.75 Å². The number of alkyl halides is 1. The Morgan fingerprint density at radius 1 is 1.32 bits per heavy atom. The lowest BCUT2D eigenvalue weighted by Crippen LogP contribution is -2.52. The highest BCUT2D eigenvalue weighted by Gasteiger charge is 2.42. The van der Waals surface area contributed by atoms with E-state index in [1.807, 2.05) is 12.1 Å². The molecular weight excluding hydrogens is 355 g/mol. The van der Waals surface area contributed by atoms with Gasteiger partial charge in [0.25, 0.3) is 0 Å². The second kappa shape index (κ2) is 7.14. The molecule has 0 saturated heterocycles. The third-order valence-corrected chi connectivity index (χ3v) is 4.67. The number of halogens is 3. The summed E-state index contributed by atoms with van der Waals surface area (Å²) in [5, 5.41) is 0.934. The minimum absolute atomic E-state index is 0.00481. The van der Waals surface area contributed by atoms with Crippen molar-refractivity contribution in [2.75, 3.05) is 20.3 Å². The molecule has 0 spiro atoms. The normalized spacial score (nSPS) is 26.0. The lowest BCUT2D eigenvalue weighted by atomic mass is 9.91. The summed E-state index contributed by atoms with van der Waals surface area (Å²) >= 11 is 15.6. The number of benzene rings is 1. The van der Waals surface area contributed by atoms with Gasteiger partial charge in [-0.15, -0.1) is 0 Å². The summed E-state index contributed by atoms with van der Waals surface area (Å²) in [4.78, 5) is 0.298. The zero-order valence-electron chi connectivity index (χ0n) is 10.4. The Hall–Kier alpha value is -0.000000000000000111. The van der Waals surface area contributed by atoms with Gasteiger partial charge < -0.3 is 14.2 Å². The standard InChI is InChI=1S/C13H15BrCl2O3/c1-17-5-6-18-13-8(14)7-11(13)19-10-4-2-3-9(15)12(10)16/h2-4,8,11,13H,5-7H2,1H3. The number of hydrogen-bond donors (Lipinski definition) is 0. The number of rotatable bonds is 6. The average Bonchev–Trinajstić information content (AvgIpc) is 2.39. The third-order valence-electron chi connectivity index (χ3n) is 2.97. The molecule has 3 unspecified atom stereocenters. The molecule has 106 valence electrons. The molecule has 0 radical (unpaired) electrons. The smallest absolute Gasteiger partial charge is 0.139 e. The zero-order valence-corrected chi connectivity index (χ0v) is 13.5. The van der Waals surface area contributed by atoms with Gasteiger partial charge in [0.2, 0.25) is 0 Å². The van der Waals surface area contributed by atoms with E-state index in [1.165, 1.54) is 0 Å². The lowest BCUT2D eigenvalue weighted by Gasteiger charge is -2.41. The van der Waals surface area contributed by atoms with Crippen LogP contribution in [0.3, 0.4) is 0 Å². The molecule has 3 nitrogen and oxygen atoms in total. The van der Waals surface area contributed by atoms with E-state index < -0.39 is 0 Å². The van der Waals surface area contributed by atoms with E-state index in [4.69, 9.17) is 37.4 Å². The molecule has 0 heterocycles. The fraction of sp³-hybridized carbons (Fsp3) is 0.538. The molecule has 1 aliphatic rings. The van der Waals surface area contributed by atoms with Crippen LogP contribution in [0.1, 0.15) is 6.42 Å². The van der Waals surface area contributed by atoms with E-state index in [-0.39, 0.29) is 12.2 Å². The van der Waals surface area contributed by atoms with Gasteiger partial charge in [0, 0.05) is 18.4 Å². The van der Waals surface area contributed by atoms with Gasteiger partial charge in [-0.1, -0.05) is 45.2 Å². The minimum atomic E-state index is -0.0165. The topological polar surface area (TPSA) is 27.7 Å². The van der Waals surface area contributed by atoms with E-state index in [0.717, 1.165) is 6.42 Å². The van der Waals surface area contributed by atoms with E-state index in [1.54, 1.807) is 13.2 Å². The zero-order chi connectivity index (χ0) is 13.8. The molecule has 0 aromatic heterocycles. The number of ether oxygens (including phenoxy) is 3. The van der Waals surface area contributed by atoms with Crippen LogP contribution in [0.5, 0.6) is 5.75 Å². The first-order valence-corrected chi connectivity index (χ1v) is 7.66. The second-order valence-electron chi connectivity index (χ2n) is 4.29. The Labute approximate surface area is 131 Å². The van der Waals surface area contributed by atoms with Crippen molar-refractivity contribution in [1.82, 2.24) is 0 Å². The van der Waals surface area contributed by atoms with Crippen LogP contribution in [0.4, 0.5) is 0 Å². The van der Waals surface area contributed by atoms with Crippen LogP contribution in [-0.4, -0.2) is 37.4 Å². The van der Waals surface area contributed by atoms with Crippen molar-refractivity contribution >= 4 is 39.1 Å². The summed E-state index contributed by atoms with van der Waals surface area (Å²) < 4.78 is 16.5. The predicted molar refractivity (Wildman–Crippen MR) is 79.8 cm³/mol. The highest BCUT2D eigenvalue weighted by Crippen LogP contribution is 2.38. The Morgan fingerprint density at radius 2 is 2.11 bits per heavy atom. The molecule has 6 heteroatoms. The van der Waals surface area contributed by atoms with Gasteiger partial charge in [0.05, 0.1) is 18.2 Å². The maximum atomic E-state index is 6.10. The van der Waals surface area contributed by atoms with Gasteiger partial charge in [-0.2, -0.15) is 0 Å². The van der Waals surface area contributed by atoms with Crippen LogP contribution in [0.2, 0.25) is 10.0 Å². The van der Waals surface area contributed by atoms with Crippen molar-refractivity contribution < 1.29 is 14.2 Å². The largest absolute Gasteiger partial charge is 0.486 e. The molecular formula is C13H15BrCl2O3. The van der Waals surface area contributed by atoms with Crippen LogP contribution in [-0.2, 0) is 9.47 Å². The predicted octanol–water partition coefficient (Wildman–Crippen LogP) is 3.94. The van der Waals surface area contributed by atoms with Gasteiger partial charge in [-0.25, -0.2) is 0 Å². The van der Waals surface area contributed by atoms with Gasteiger partial charge in [0.1, 0.15) is 23.0 Å². The molecule has 0 aliphatic heterocycles. The maximum Gasteiger partial charge on any atom is 0.139 e. The quantitative estimate of drug-likeness (QED) is 0.561. The van der Waals surface area contributed by atoms with Gasteiger partial charge in [-0.05, 0) is 12.1 Å². The first-order chi connectivity index (χ1) is 9.13. The van der Waals surface area contributed by atoms with Crippen molar-refractivity contribution in [2.45, 2.75) is 23.5 Å². The fourth-order valence-electron chi connectivity index (χ4n) is 1.86. The molecule has 19 heavy (non-hydrogen) atoms. The molecule has 3 atom stereocenters. The highest BCUT2D eigenvalue weighted by atomic mass is 79.9. The summed E-state index contributed by atoms with van der Waals surface area (Å²) in [7, 11) is 1.65. The van der Waals surface area contributed by atoms with Gasteiger partial charge >= 0.3 is 0 Å². The maximum absolute atomic E-state index is 6.10. The molecule has 0 amide bonds. The Kier molecular flexibility index (Phi) is 5.78. The van der Waals surface area contributed by atoms with Crippen LogP contribution >= 0.6 is 39.1 Å².